The molecule has 0 atom stereocenters. The van der Waals surface area contributed by atoms with Crippen LogP contribution < -0.4 is 0 Å². The summed E-state index contributed by atoms with van der Waals surface area (Å²) in [5, 5.41) is 9.13. The van der Waals surface area contributed by atoms with Crippen molar-refractivity contribution in [3.63, 3.8) is 0 Å². The molecule has 27 heavy (non-hydrogen) atoms. The summed E-state index contributed by atoms with van der Waals surface area (Å²) >= 11 is 0. The second kappa shape index (κ2) is 7.42. The highest BCUT2D eigenvalue weighted by Crippen LogP contribution is 2.26. The zero-order chi connectivity index (χ0) is 19.6. The second-order valence-electron chi connectivity index (χ2n) is 6.54. The Morgan fingerprint density at radius 2 is 1.81 bits per heavy atom. The molecule has 0 aromatic heterocycles. The number of hydrogen-bond acceptors (Lipinski definition) is 2. The van der Waals surface area contributed by atoms with Crippen LogP contribution in [0.1, 0.15) is 43.8 Å². The number of benzene rings is 2. The lowest BCUT2D eigenvalue weighted by Gasteiger charge is -2.30. The van der Waals surface area contributed by atoms with E-state index in [2.05, 4.69) is 0 Å². The molecule has 4 nitrogen and oxygen atoms in total. The molecule has 0 bridgehead atoms. The number of aryl methyl sites for hydroxylation is 1. The summed E-state index contributed by atoms with van der Waals surface area (Å²) < 4.78 is 37.7. The van der Waals surface area contributed by atoms with E-state index in [0.29, 0.717) is 18.5 Å². The Morgan fingerprint density at radius 1 is 1.07 bits per heavy atom. The molecule has 1 aliphatic rings. The summed E-state index contributed by atoms with van der Waals surface area (Å²) in [6.07, 6.45) is -4.94. The summed E-state index contributed by atoms with van der Waals surface area (Å²) in [5.41, 5.74) is 2.51. The Labute approximate surface area is 154 Å². The van der Waals surface area contributed by atoms with Crippen molar-refractivity contribution in [2.75, 3.05) is 6.54 Å². The quantitative estimate of drug-likeness (QED) is 0.874. The fourth-order valence-corrected chi connectivity index (χ4v) is 3.26. The molecule has 7 heteroatoms. The molecular formula is C20H18F3NO3. The number of carbonyl (C=O) groups is 2. The predicted molar refractivity (Wildman–Crippen MR) is 92.7 cm³/mol. The minimum Gasteiger partial charge on any atom is -0.478 e. The molecule has 0 unspecified atom stereocenters. The van der Waals surface area contributed by atoms with E-state index >= 15 is 0 Å². The van der Waals surface area contributed by atoms with E-state index in [-0.39, 0.29) is 30.0 Å². The van der Waals surface area contributed by atoms with Gasteiger partial charge in [-0.25, -0.2) is 4.79 Å². The zero-order valence-electron chi connectivity index (χ0n) is 14.4. The van der Waals surface area contributed by atoms with E-state index in [9.17, 15) is 22.8 Å². The predicted octanol–water partition coefficient (Wildman–Crippen LogP) is 4.08. The highest BCUT2D eigenvalue weighted by molar-refractivity contribution is 5.96. The summed E-state index contributed by atoms with van der Waals surface area (Å²) in [6.45, 7) is 0.675. The van der Waals surface area contributed by atoms with Gasteiger partial charge in [-0.05, 0) is 47.7 Å². The van der Waals surface area contributed by atoms with Gasteiger partial charge >= 0.3 is 12.1 Å². The number of hydrogen-bond donors (Lipinski definition) is 1. The van der Waals surface area contributed by atoms with Gasteiger partial charge in [0.25, 0.3) is 5.91 Å². The molecule has 1 N–H and O–H groups in total. The topological polar surface area (TPSA) is 57.6 Å². The van der Waals surface area contributed by atoms with Crippen molar-refractivity contribution in [3.8, 4) is 0 Å². The molecule has 3 rings (SSSR count). The molecule has 1 aliphatic heterocycles. The van der Waals surface area contributed by atoms with Crippen LogP contribution in [0.3, 0.4) is 0 Å². The van der Waals surface area contributed by atoms with Gasteiger partial charge in [0.2, 0.25) is 0 Å². The Hall–Kier alpha value is -2.83. The molecule has 2 aromatic carbocycles. The standard InChI is InChI=1S/C20H18F3NO3/c21-20(22,23)9-7-14-3-1-2-4-17(14)18(25)24-10-8-13-5-6-15(19(26)27)11-16(13)12-24/h1-6,11H,7-10,12H2,(H,26,27). The van der Waals surface area contributed by atoms with Gasteiger partial charge in [-0.3, -0.25) is 4.79 Å². The third kappa shape index (κ3) is 4.48. The van der Waals surface area contributed by atoms with Gasteiger partial charge in [0, 0.05) is 25.1 Å². The first-order valence-corrected chi connectivity index (χ1v) is 8.53. The van der Waals surface area contributed by atoms with Gasteiger partial charge in [-0.1, -0.05) is 24.3 Å². The van der Waals surface area contributed by atoms with Crippen molar-refractivity contribution < 1.29 is 27.9 Å². The van der Waals surface area contributed by atoms with Crippen LogP contribution in [0.4, 0.5) is 13.2 Å². The maximum atomic E-state index is 12.9. The molecule has 1 amide bonds. The van der Waals surface area contributed by atoms with Crippen molar-refractivity contribution >= 4 is 11.9 Å². The Bertz CT molecular complexity index is 877. The summed E-state index contributed by atoms with van der Waals surface area (Å²) in [7, 11) is 0. The molecule has 0 saturated heterocycles. The van der Waals surface area contributed by atoms with Gasteiger partial charge in [-0.15, -0.1) is 0 Å². The van der Waals surface area contributed by atoms with Crippen LogP contribution in [0.2, 0.25) is 0 Å². The van der Waals surface area contributed by atoms with Crippen molar-refractivity contribution in [1.29, 1.82) is 0 Å². The van der Waals surface area contributed by atoms with Crippen LogP contribution in [0.15, 0.2) is 42.5 Å². The number of fused-ring (bicyclic) bond motifs is 1. The van der Waals surface area contributed by atoms with Crippen molar-refractivity contribution in [1.82, 2.24) is 4.90 Å². The maximum Gasteiger partial charge on any atom is 0.389 e. The number of carboxylic acids is 1. The highest BCUT2D eigenvalue weighted by atomic mass is 19.4. The maximum absolute atomic E-state index is 12.9. The molecule has 0 spiro atoms. The fourth-order valence-electron chi connectivity index (χ4n) is 3.26. The minimum absolute atomic E-state index is 0.147. The largest absolute Gasteiger partial charge is 0.478 e. The fraction of sp³-hybridized carbons (Fsp3) is 0.300. The number of alkyl halides is 3. The molecule has 0 fully saturated rings. The third-order valence-electron chi connectivity index (χ3n) is 4.68. The van der Waals surface area contributed by atoms with Gasteiger partial charge in [0.15, 0.2) is 0 Å². The minimum atomic E-state index is -4.28. The smallest absolute Gasteiger partial charge is 0.389 e. The first-order valence-electron chi connectivity index (χ1n) is 8.53. The van der Waals surface area contributed by atoms with Crippen LogP contribution in [-0.4, -0.2) is 34.6 Å². The van der Waals surface area contributed by atoms with Crippen molar-refractivity contribution in [2.45, 2.75) is 32.0 Å². The summed E-state index contributed by atoms with van der Waals surface area (Å²) in [4.78, 5) is 25.6. The molecule has 142 valence electrons. The first-order chi connectivity index (χ1) is 12.7. The van der Waals surface area contributed by atoms with Crippen LogP contribution in [0.5, 0.6) is 0 Å². The number of halogens is 3. The number of nitrogens with zero attached hydrogens (tertiary/aromatic N) is 1. The first kappa shape index (κ1) is 18.9. The van der Waals surface area contributed by atoms with Crippen LogP contribution in [0, 0.1) is 0 Å². The molecule has 1 heterocycles. The van der Waals surface area contributed by atoms with E-state index < -0.39 is 18.6 Å². The van der Waals surface area contributed by atoms with E-state index in [1.807, 2.05) is 0 Å². The molecule has 0 saturated carbocycles. The Kier molecular flexibility index (Phi) is 5.21. The zero-order valence-corrected chi connectivity index (χ0v) is 14.4. The van der Waals surface area contributed by atoms with E-state index in [4.69, 9.17) is 5.11 Å². The van der Waals surface area contributed by atoms with Gasteiger partial charge < -0.3 is 10.0 Å². The molecule has 0 aliphatic carbocycles. The highest BCUT2D eigenvalue weighted by Gasteiger charge is 2.29. The van der Waals surface area contributed by atoms with Crippen LogP contribution >= 0.6 is 0 Å². The third-order valence-corrected chi connectivity index (χ3v) is 4.68. The van der Waals surface area contributed by atoms with Crippen LogP contribution in [-0.2, 0) is 19.4 Å². The Balaban J connectivity index is 1.81. The van der Waals surface area contributed by atoms with E-state index in [1.54, 1.807) is 35.2 Å². The number of aromatic carboxylic acids is 1. The van der Waals surface area contributed by atoms with Gasteiger partial charge in [0.05, 0.1) is 5.56 Å². The van der Waals surface area contributed by atoms with Crippen LogP contribution in [0.25, 0.3) is 0 Å². The average molecular weight is 377 g/mol. The lowest BCUT2D eigenvalue weighted by molar-refractivity contribution is -0.134. The van der Waals surface area contributed by atoms with Gasteiger partial charge in [0.1, 0.15) is 0 Å². The second-order valence-corrected chi connectivity index (χ2v) is 6.54. The lowest BCUT2D eigenvalue weighted by atomic mass is 9.95. The van der Waals surface area contributed by atoms with E-state index in [0.717, 1.165) is 11.1 Å². The van der Waals surface area contributed by atoms with E-state index in [1.165, 1.54) is 12.1 Å². The van der Waals surface area contributed by atoms with Crippen molar-refractivity contribution in [3.05, 3.63) is 70.3 Å². The number of amides is 1. The van der Waals surface area contributed by atoms with Crippen molar-refractivity contribution in [2.24, 2.45) is 0 Å². The average Bonchev–Trinajstić information content (AvgIpc) is 2.64. The SMILES string of the molecule is O=C(O)c1ccc2c(c1)CN(C(=O)c1ccccc1CCC(F)(F)F)CC2. The number of carbonyl (C=O) groups excluding carboxylic acids is 1. The Morgan fingerprint density at radius 3 is 2.52 bits per heavy atom. The molecular weight excluding hydrogens is 359 g/mol. The lowest BCUT2D eigenvalue weighted by Crippen LogP contribution is -2.36. The van der Waals surface area contributed by atoms with Gasteiger partial charge in [-0.2, -0.15) is 13.2 Å². The summed E-state index contributed by atoms with van der Waals surface area (Å²) in [5.74, 6) is -1.38. The molecule has 0 radical (unpaired) electrons. The summed E-state index contributed by atoms with van der Waals surface area (Å²) in [6, 6.07) is 11.2. The normalized spacial score (nSPS) is 14.0. The number of carboxylic acid groups (broad SMARTS) is 1. The monoisotopic (exact) mass is 377 g/mol. The molecule has 2 aromatic rings. The number of rotatable bonds is 4.